The Morgan fingerprint density at radius 1 is 1.35 bits per heavy atom. The van der Waals surface area contributed by atoms with Crippen molar-refractivity contribution in [3.63, 3.8) is 0 Å². The third-order valence-corrected chi connectivity index (χ3v) is 3.15. The smallest absolute Gasteiger partial charge is 0.258 e. The van der Waals surface area contributed by atoms with Gasteiger partial charge < -0.3 is 0 Å². The first kappa shape index (κ1) is 13.7. The van der Waals surface area contributed by atoms with E-state index in [1.54, 1.807) is 0 Å². The molecule has 0 amide bonds. The fourth-order valence-corrected chi connectivity index (χ4v) is 2.41. The Bertz CT molecular complexity index is 575. The first-order valence-electron chi connectivity index (χ1n) is 3.86. The highest BCUT2D eigenvalue weighted by Crippen LogP contribution is 2.37. The second-order valence-corrected chi connectivity index (χ2v) is 5.31. The summed E-state index contributed by atoms with van der Waals surface area (Å²) in [6, 6.07) is 0.835. The van der Waals surface area contributed by atoms with Gasteiger partial charge in [0.1, 0.15) is 16.3 Å². The van der Waals surface area contributed by atoms with E-state index in [1.807, 2.05) is 0 Å². The molecule has 17 heavy (non-hydrogen) atoms. The molecule has 0 unspecified atom stereocenters. The largest absolute Gasteiger partial charge is 0.279 e. The number of benzene rings is 1. The fraction of sp³-hybridized carbons (Fsp3) is 0.143. The van der Waals surface area contributed by atoms with Crippen molar-refractivity contribution in [2.75, 3.05) is 0 Å². The summed E-state index contributed by atoms with van der Waals surface area (Å²) in [6.07, 6.45) is -3.55. The zero-order valence-electron chi connectivity index (χ0n) is 7.73. The summed E-state index contributed by atoms with van der Waals surface area (Å²) in [7, 11) is -0.0864. The predicted octanol–water partition coefficient (Wildman–Crippen LogP) is 2.60. The van der Waals surface area contributed by atoms with Crippen molar-refractivity contribution in [2.45, 2.75) is 11.3 Å². The molecule has 0 aliphatic rings. The first-order valence-corrected chi connectivity index (χ1v) is 6.16. The zero-order valence-corrected chi connectivity index (χ0v) is 9.30. The topological polar surface area (TPSA) is 77.3 Å². The standard InChI is InChI=1S/C7H3ClF3NO4S/c8-17(15,16)6-3(9)1-2-4(12(13)14)5(6)7(10)11/h1-2,7H. The molecule has 0 atom stereocenters. The molecule has 0 aliphatic heterocycles. The Labute approximate surface area is 97.4 Å². The minimum atomic E-state index is -4.85. The number of nitro benzene ring substituents is 1. The van der Waals surface area contributed by atoms with Gasteiger partial charge in [0, 0.05) is 16.7 Å². The molecule has 0 spiro atoms. The highest BCUT2D eigenvalue weighted by atomic mass is 35.7. The van der Waals surface area contributed by atoms with Gasteiger partial charge in [0.05, 0.1) is 4.92 Å². The average Bonchev–Trinajstić information content (AvgIpc) is 2.14. The number of nitro groups is 1. The Morgan fingerprint density at radius 2 is 1.88 bits per heavy atom. The van der Waals surface area contributed by atoms with E-state index in [4.69, 9.17) is 10.7 Å². The van der Waals surface area contributed by atoms with Crippen LogP contribution in [0, 0.1) is 15.9 Å². The van der Waals surface area contributed by atoms with Crippen LogP contribution >= 0.6 is 10.7 Å². The van der Waals surface area contributed by atoms with Crippen LogP contribution in [0.25, 0.3) is 0 Å². The molecule has 94 valence electrons. The molecule has 1 rings (SSSR count). The molecular weight excluding hydrogens is 287 g/mol. The molecule has 0 bridgehead atoms. The molecule has 0 saturated heterocycles. The summed E-state index contributed by atoms with van der Waals surface area (Å²) in [5.74, 6) is -1.57. The van der Waals surface area contributed by atoms with Crippen LogP contribution in [-0.2, 0) is 9.05 Å². The third kappa shape index (κ3) is 2.67. The summed E-state index contributed by atoms with van der Waals surface area (Å²) < 4.78 is 60.1. The molecule has 0 aromatic heterocycles. The molecule has 5 nitrogen and oxygen atoms in total. The first-order chi connectivity index (χ1) is 7.66. The summed E-state index contributed by atoms with van der Waals surface area (Å²) in [6.45, 7) is 0. The van der Waals surface area contributed by atoms with E-state index < -0.39 is 42.4 Å². The van der Waals surface area contributed by atoms with Gasteiger partial charge in [-0.1, -0.05) is 0 Å². The van der Waals surface area contributed by atoms with E-state index in [-0.39, 0.29) is 0 Å². The van der Waals surface area contributed by atoms with E-state index in [0.717, 1.165) is 0 Å². The number of halogens is 4. The number of alkyl halides is 2. The van der Waals surface area contributed by atoms with Gasteiger partial charge in [0.2, 0.25) is 0 Å². The maximum Gasteiger partial charge on any atom is 0.279 e. The molecule has 0 fully saturated rings. The lowest BCUT2D eigenvalue weighted by Gasteiger charge is -2.07. The van der Waals surface area contributed by atoms with Crippen molar-refractivity contribution in [2.24, 2.45) is 0 Å². The Hall–Kier alpha value is -1.35. The second-order valence-electron chi connectivity index (χ2n) is 2.80. The summed E-state index contributed by atoms with van der Waals surface area (Å²) >= 11 is 0. The lowest BCUT2D eigenvalue weighted by molar-refractivity contribution is -0.386. The van der Waals surface area contributed by atoms with E-state index >= 15 is 0 Å². The van der Waals surface area contributed by atoms with Crippen molar-refractivity contribution in [3.8, 4) is 0 Å². The third-order valence-electron chi connectivity index (χ3n) is 1.78. The maximum atomic E-state index is 13.1. The minimum Gasteiger partial charge on any atom is -0.258 e. The van der Waals surface area contributed by atoms with Gasteiger partial charge in [0.15, 0.2) is 0 Å². The number of hydrogen-bond donors (Lipinski definition) is 0. The van der Waals surface area contributed by atoms with Crippen molar-refractivity contribution in [3.05, 3.63) is 33.6 Å². The summed E-state index contributed by atoms with van der Waals surface area (Å²) in [4.78, 5) is 7.62. The molecule has 1 aromatic carbocycles. The van der Waals surface area contributed by atoms with Gasteiger partial charge in [-0.2, -0.15) is 0 Å². The predicted molar refractivity (Wildman–Crippen MR) is 51.1 cm³/mol. The van der Waals surface area contributed by atoms with Crippen LogP contribution < -0.4 is 0 Å². The highest BCUT2D eigenvalue weighted by molar-refractivity contribution is 8.13. The lowest BCUT2D eigenvalue weighted by Crippen LogP contribution is -2.06. The highest BCUT2D eigenvalue weighted by Gasteiger charge is 2.33. The Balaban J connectivity index is 3.80. The fourth-order valence-electron chi connectivity index (χ4n) is 1.18. The molecule has 0 saturated carbocycles. The van der Waals surface area contributed by atoms with Crippen molar-refractivity contribution < 1.29 is 26.5 Å². The van der Waals surface area contributed by atoms with Crippen LogP contribution in [0.15, 0.2) is 17.0 Å². The van der Waals surface area contributed by atoms with E-state index in [2.05, 4.69) is 0 Å². The number of rotatable bonds is 3. The summed E-state index contributed by atoms with van der Waals surface area (Å²) in [5.41, 5.74) is -2.76. The lowest BCUT2D eigenvalue weighted by atomic mass is 10.2. The quantitative estimate of drug-likeness (QED) is 0.487. The van der Waals surface area contributed by atoms with E-state index in [9.17, 15) is 31.7 Å². The molecule has 1 aromatic rings. The van der Waals surface area contributed by atoms with Crippen LogP contribution in [0.2, 0.25) is 0 Å². The van der Waals surface area contributed by atoms with Crippen LogP contribution in [0.3, 0.4) is 0 Å². The SMILES string of the molecule is O=[N+]([O-])c1ccc(F)c(S(=O)(=O)Cl)c1C(F)F. The zero-order chi connectivity index (χ0) is 13.4. The summed E-state index contributed by atoms with van der Waals surface area (Å²) in [5, 5.41) is 10.4. The minimum absolute atomic E-state index is 0.388. The van der Waals surface area contributed by atoms with Crippen molar-refractivity contribution in [1.82, 2.24) is 0 Å². The van der Waals surface area contributed by atoms with Crippen LogP contribution in [0.5, 0.6) is 0 Å². The average molecular weight is 290 g/mol. The molecule has 0 heterocycles. The van der Waals surface area contributed by atoms with E-state index in [1.165, 1.54) is 0 Å². The van der Waals surface area contributed by atoms with Crippen LogP contribution in [0.1, 0.15) is 12.0 Å². The van der Waals surface area contributed by atoms with Gasteiger partial charge in [-0.15, -0.1) is 0 Å². The van der Waals surface area contributed by atoms with Gasteiger partial charge in [0.25, 0.3) is 21.2 Å². The second kappa shape index (κ2) is 4.49. The number of hydrogen-bond acceptors (Lipinski definition) is 4. The molecular formula is C7H3ClF3NO4S. The normalized spacial score (nSPS) is 11.8. The molecule has 0 N–H and O–H groups in total. The molecule has 0 radical (unpaired) electrons. The Morgan fingerprint density at radius 3 is 2.24 bits per heavy atom. The number of nitrogens with zero attached hydrogens (tertiary/aromatic N) is 1. The molecule has 0 aliphatic carbocycles. The van der Waals surface area contributed by atoms with Crippen molar-refractivity contribution in [1.29, 1.82) is 0 Å². The van der Waals surface area contributed by atoms with Crippen LogP contribution in [0.4, 0.5) is 18.9 Å². The Kier molecular flexibility index (Phi) is 3.62. The van der Waals surface area contributed by atoms with Crippen LogP contribution in [-0.4, -0.2) is 13.3 Å². The van der Waals surface area contributed by atoms with Gasteiger partial charge in [-0.3, -0.25) is 10.1 Å². The van der Waals surface area contributed by atoms with Gasteiger partial charge >= 0.3 is 0 Å². The van der Waals surface area contributed by atoms with E-state index in [0.29, 0.717) is 12.1 Å². The monoisotopic (exact) mass is 289 g/mol. The molecule has 10 heteroatoms. The van der Waals surface area contributed by atoms with Gasteiger partial charge in [-0.05, 0) is 6.07 Å². The maximum absolute atomic E-state index is 13.1. The van der Waals surface area contributed by atoms with Gasteiger partial charge in [-0.25, -0.2) is 21.6 Å². The van der Waals surface area contributed by atoms with Crippen molar-refractivity contribution >= 4 is 25.4 Å².